The Kier molecular flexibility index (Phi) is 3.23. The van der Waals surface area contributed by atoms with Crippen molar-refractivity contribution in [3.05, 3.63) is 28.0 Å². The molecule has 1 aliphatic rings. The Morgan fingerprint density at radius 2 is 1.93 bits per heavy atom. The van der Waals surface area contributed by atoms with Crippen molar-refractivity contribution in [1.29, 1.82) is 0 Å². The van der Waals surface area contributed by atoms with Crippen LogP contribution in [0.25, 0.3) is 0 Å². The first-order chi connectivity index (χ1) is 6.75. The Bertz CT molecular complexity index is 306. The molecule has 1 aromatic heterocycles. The normalized spacial score (nSPS) is 22.3. The van der Waals surface area contributed by atoms with Gasteiger partial charge >= 0.3 is 0 Å². The van der Waals surface area contributed by atoms with E-state index in [-0.39, 0.29) is 6.10 Å². The third kappa shape index (κ3) is 2.36. The van der Waals surface area contributed by atoms with E-state index in [1.807, 2.05) is 0 Å². The van der Waals surface area contributed by atoms with Crippen molar-refractivity contribution in [2.45, 2.75) is 6.10 Å². The number of aromatic nitrogens is 1. The van der Waals surface area contributed by atoms with Crippen LogP contribution in [0.2, 0.25) is 10.3 Å². The number of rotatable bonds is 1. The fourth-order valence-corrected chi connectivity index (χ4v) is 1.83. The van der Waals surface area contributed by atoms with Crippen molar-refractivity contribution in [3.63, 3.8) is 0 Å². The number of ether oxygens (including phenoxy) is 2. The number of pyridine rings is 1. The molecule has 2 heterocycles. The van der Waals surface area contributed by atoms with Crippen molar-refractivity contribution >= 4 is 23.2 Å². The summed E-state index contributed by atoms with van der Waals surface area (Å²) in [6.07, 6.45) is -0.0817. The molecule has 0 aromatic carbocycles. The molecule has 0 saturated carbocycles. The second-order valence-electron chi connectivity index (χ2n) is 2.98. The molecule has 1 aliphatic heterocycles. The van der Waals surface area contributed by atoms with Crippen molar-refractivity contribution < 1.29 is 9.47 Å². The standard InChI is InChI=1S/C9H9Cl2NO2/c10-8-3-6(4-9(11)12-8)7-5-13-1-2-14-7/h3-4,7H,1-2,5H2. The largest absolute Gasteiger partial charge is 0.376 e. The quantitative estimate of drug-likeness (QED) is 0.699. The molecule has 3 nitrogen and oxygen atoms in total. The van der Waals surface area contributed by atoms with Crippen LogP contribution in [0.1, 0.15) is 11.7 Å². The molecule has 1 saturated heterocycles. The van der Waals surface area contributed by atoms with E-state index in [9.17, 15) is 0 Å². The molecule has 0 radical (unpaired) electrons. The van der Waals surface area contributed by atoms with E-state index in [1.54, 1.807) is 12.1 Å². The maximum atomic E-state index is 5.78. The topological polar surface area (TPSA) is 31.4 Å². The van der Waals surface area contributed by atoms with E-state index in [0.717, 1.165) is 5.56 Å². The number of hydrogen-bond donors (Lipinski definition) is 0. The molecule has 1 fully saturated rings. The Balaban J connectivity index is 2.21. The van der Waals surface area contributed by atoms with Gasteiger partial charge < -0.3 is 9.47 Å². The molecule has 1 aromatic rings. The first-order valence-electron chi connectivity index (χ1n) is 4.28. The molecule has 1 unspecified atom stereocenters. The molecular formula is C9H9Cl2NO2. The van der Waals surface area contributed by atoms with Gasteiger partial charge in [-0.1, -0.05) is 23.2 Å². The van der Waals surface area contributed by atoms with E-state index in [0.29, 0.717) is 30.1 Å². The fourth-order valence-electron chi connectivity index (χ4n) is 1.35. The highest BCUT2D eigenvalue weighted by Gasteiger charge is 2.17. The minimum atomic E-state index is -0.0817. The zero-order valence-corrected chi connectivity index (χ0v) is 8.88. The average Bonchev–Trinajstić information content (AvgIpc) is 2.18. The van der Waals surface area contributed by atoms with E-state index >= 15 is 0 Å². The second kappa shape index (κ2) is 4.45. The summed E-state index contributed by atoms with van der Waals surface area (Å²) in [4.78, 5) is 3.86. The Morgan fingerprint density at radius 3 is 2.50 bits per heavy atom. The van der Waals surface area contributed by atoms with Gasteiger partial charge in [-0.15, -0.1) is 0 Å². The molecule has 5 heteroatoms. The lowest BCUT2D eigenvalue weighted by atomic mass is 10.1. The highest BCUT2D eigenvalue weighted by molar-refractivity contribution is 6.32. The van der Waals surface area contributed by atoms with Crippen LogP contribution in [0.3, 0.4) is 0 Å². The maximum Gasteiger partial charge on any atom is 0.131 e. The van der Waals surface area contributed by atoms with Crippen molar-refractivity contribution in [3.8, 4) is 0 Å². The van der Waals surface area contributed by atoms with Gasteiger partial charge in [-0.05, 0) is 17.7 Å². The third-order valence-corrected chi connectivity index (χ3v) is 2.36. The summed E-state index contributed by atoms with van der Waals surface area (Å²) in [5.74, 6) is 0. The van der Waals surface area contributed by atoms with Gasteiger partial charge in [0.1, 0.15) is 16.4 Å². The molecule has 1 atom stereocenters. The van der Waals surface area contributed by atoms with Crippen LogP contribution in [0.15, 0.2) is 12.1 Å². The van der Waals surface area contributed by atoms with Gasteiger partial charge in [-0.2, -0.15) is 0 Å². The number of nitrogens with zero attached hydrogens (tertiary/aromatic N) is 1. The summed E-state index contributed by atoms with van der Waals surface area (Å²) in [5.41, 5.74) is 0.912. The van der Waals surface area contributed by atoms with Gasteiger partial charge in [-0.3, -0.25) is 0 Å². The molecule has 14 heavy (non-hydrogen) atoms. The Labute approximate surface area is 91.9 Å². The average molecular weight is 234 g/mol. The lowest BCUT2D eigenvalue weighted by molar-refractivity contribution is -0.0901. The van der Waals surface area contributed by atoms with Gasteiger partial charge in [0.25, 0.3) is 0 Å². The first kappa shape index (κ1) is 10.2. The molecule has 76 valence electrons. The van der Waals surface area contributed by atoms with E-state index in [2.05, 4.69) is 4.98 Å². The summed E-state index contributed by atoms with van der Waals surface area (Å²) in [5, 5.41) is 0.753. The van der Waals surface area contributed by atoms with Gasteiger partial charge in [-0.25, -0.2) is 4.98 Å². The predicted molar refractivity (Wildman–Crippen MR) is 53.8 cm³/mol. The van der Waals surface area contributed by atoms with Crippen LogP contribution in [0.4, 0.5) is 0 Å². The molecule has 0 spiro atoms. The molecule has 2 rings (SSSR count). The Hall–Kier alpha value is -0.350. The van der Waals surface area contributed by atoms with Crippen LogP contribution >= 0.6 is 23.2 Å². The second-order valence-corrected chi connectivity index (χ2v) is 3.75. The van der Waals surface area contributed by atoms with Gasteiger partial charge in [0, 0.05) is 0 Å². The van der Waals surface area contributed by atoms with Crippen LogP contribution < -0.4 is 0 Å². The lowest BCUT2D eigenvalue weighted by Crippen LogP contribution is -2.21. The van der Waals surface area contributed by atoms with Crippen molar-refractivity contribution in [1.82, 2.24) is 4.98 Å². The Morgan fingerprint density at radius 1 is 1.21 bits per heavy atom. The minimum Gasteiger partial charge on any atom is -0.376 e. The summed E-state index contributed by atoms with van der Waals surface area (Å²) < 4.78 is 10.8. The lowest BCUT2D eigenvalue weighted by Gasteiger charge is -2.23. The first-order valence-corrected chi connectivity index (χ1v) is 5.03. The minimum absolute atomic E-state index is 0.0817. The van der Waals surface area contributed by atoms with E-state index in [4.69, 9.17) is 32.7 Å². The third-order valence-electron chi connectivity index (χ3n) is 1.97. The van der Waals surface area contributed by atoms with Crippen LogP contribution in [-0.2, 0) is 9.47 Å². The van der Waals surface area contributed by atoms with Crippen LogP contribution in [0, 0.1) is 0 Å². The maximum absolute atomic E-state index is 5.78. The number of halogens is 2. The van der Waals surface area contributed by atoms with Crippen molar-refractivity contribution in [2.24, 2.45) is 0 Å². The van der Waals surface area contributed by atoms with Gasteiger partial charge in [0.05, 0.1) is 19.8 Å². The molecule has 0 amide bonds. The predicted octanol–water partition coefficient (Wildman–Crippen LogP) is 2.48. The fraction of sp³-hybridized carbons (Fsp3) is 0.444. The summed E-state index contributed by atoms with van der Waals surface area (Å²) >= 11 is 11.6. The highest BCUT2D eigenvalue weighted by atomic mass is 35.5. The molecular weight excluding hydrogens is 225 g/mol. The van der Waals surface area contributed by atoms with Crippen LogP contribution in [0.5, 0.6) is 0 Å². The summed E-state index contributed by atoms with van der Waals surface area (Å²) in [7, 11) is 0. The zero-order chi connectivity index (χ0) is 9.97. The molecule has 0 N–H and O–H groups in total. The SMILES string of the molecule is Clc1cc(C2COCCO2)cc(Cl)n1. The van der Waals surface area contributed by atoms with Gasteiger partial charge in [0.2, 0.25) is 0 Å². The summed E-state index contributed by atoms with van der Waals surface area (Å²) in [6, 6.07) is 3.49. The smallest absolute Gasteiger partial charge is 0.131 e. The zero-order valence-electron chi connectivity index (χ0n) is 7.37. The summed E-state index contributed by atoms with van der Waals surface area (Å²) in [6.45, 7) is 1.78. The van der Waals surface area contributed by atoms with Crippen LogP contribution in [-0.4, -0.2) is 24.8 Å². The van der Waals surface area contributed by atoms with E-state index in [1.165, 1.54) is 0 Å². The van der Waals surface area contributed by atoms with Crippen molar-refractivity contribution in [2.75, 3.05) is 19.8 Å². The monoisotopic (exact) mass is 233 g/mol. The molecule has 0 bridgehead atoms. The highest BCUT2D eigenvalue weighted by Crippen LogP contribution is 2.24. The number of hydrogen-bond acceptors (Lipinski definition) is 3. The van der Waals surface area contributed by atoms with Gasteiger partial charge in [0.15, 0.2) is 0 Å². The molecule has 0 aliphatic carbocycles. The van der Waals surface area contributed by atoms with E-state index < -0.39 is 0 Å².